The van der Waals surface area contributed by atoms with Gasteiger partial charge in [-0.05, 0) is 32.6 Å². The molecule has 18 heavy (non-hydrogen) atoms. The van der Waals surface area contributed by atoms with E-state index in [1.807, 2.05) is 0 Å². The molecule has 0 aromatic rings. The van der Waals surface area contributed by atoms with Gasteiger partial charge in [0.15, 0.2) is 0 Å². The average Bonchev–Trinajstić information content (AvgIpc) is 2.36. The fourth-order valence-corrected chi connectivity index (χ4v) is 2.20. The van der Waals surface area contributed by atoms with Crippen LogP contribution in [-0.4, -0.2) is 50.2 Å². The molecule has 1 rings (SSSR count). The molecule has 1 N–H and O–H groups in total. The van der Waals surface area contributed by atoms with Crippen molar-refractivity contribution in [1.29, 1.82) is 0 Å². The molecule has 106 valence electrons. The van der Waals surface area contributed by atoms with Crippen LogP contribution in [0, 0.1) is 5.92 Å². The summed E-state index contributed by atoms with van der Waals surface area (Å²) in [6.45, 7) is 3.55. The molecule has 0 aromatic carbocycles. The summed E-state index contributed by atoms with van der Waals surface area (Å²) in [4.78, 5) is 11.6. The monoisotopic (exact) mass is 260 g/mol. The number of methoxy groups -OCH3 is 1. The van der Waals surface area contributed by atoms with Crippen LogP contribution in [0.5, 0.6) is 0 Å². The highest BCUT2D eigenvalue weighted by Crippen LogP contribution is 2.33. The van der Waals surface area contributed by atoms with Crippen molar-refractivity contribution in [3.8, 4) is 0 Å². The Morgan fingerprint density at radius 3 is 2.56 bits per heavy atom. The number of hydrogen-bond donors (Lipinski definition) is 1. The second kappa shape index (κ2) is 7.71. The first-order valence-electron chi connectivity index (χ1n) is 6.57. The van der Waals surface area contributed by atoms with Gasteiger partial charge in [-0.25, -0.2) is 0 Å². The van der Waals surface area contributed by atoms with Gasteiger partial charge in [-0.1, -0.05) is 0 Å². The lowest BCUT2D eigenvalue weighted by Crippen LogP contribution is -2.40. The standard InChI is InChI=1S/C13H24O5/c1-3-18-12(14)11-4-6-13(15,7-5-11)10-17-9-8-16-2/h11,15H,3-10H2,1-2H3. The van der Waals surface area contributed by atoms with Gasteiger partial charge in [-0.3, -0.25) is 4.79 Å². The van der Waals surface area contributed by atoms with Crippen LogP contribution in [0.2, 0.25) is 0 Å². The quantitative estimate of drug-likeness (QED) is 0.549. The van der Waals surface area contributed by atoms with Gasteiger partial charge in [0.1, 0.15) is 0 Å². The molecular weight excluding hydrogens is 236 g/mol. The van der Waals surface area contributed by atoms with Crippen LogP contribution in [-0.2, 0) is 19.0 Å². The lowest BCUT2D eigenvalue weighted by atomic mass is 9.79. The van der Waals surface area contributed by atoms with E-state index in [-0.39, 0.29) is 11.9 Å². The van der Waals surface area contributed by atoms with Gasteiger partial charge < -0.3 is 19.3 Å². The molecule has 0 radical (unpaired) electrons. The van der Waals surface area contributed by atoms with E-state index in [2.05, 4.69) is 0 Å². The predicted octanol–water partition coefficient (Wildman–Crippen LogP) is 1.13. The lowest BCUT2D eigenvalue weighted by molar-refractivity contribution is -0.152. The number of esters is 1. The SMILES string of the molecule is CCOC(=O)C1CCC(O)(COCCOC)CC1. The van der Waals surface area contributed by atoms with Crippen molar-refractivity contribution >= 4 is 5.97 Å². The maximum atomic E-state index is 11.6. The van der Waals surface area contributed by atoms with Crippen LogP contribution in [0.25, 0.3) is 0 Å². The van der Waals surface area contributed by atoms with Crippen molar-refractivity contribution in [2.75, 3.05) is 33.5 Å². The second-order valence-corrected chi connectivity index (χ2v) is 4.80. The van der Waals surface area contributed by atoms with Crippen molar-refractivity contribution in [3.05, 3.63) is 0 Å². The van der Waals surface area contributed by atoms with Crippen molar-refractivity contribution in [2.24, 2.45) is 5.92 Å². The number of aliphatic hydroxyl groups is 1. The Bertz CT molecular complexity index is 246. The third-order valence-electron chi connectivity index (χ3n) is 3.34. The molecule has 0 aromatic heterocycles. The lowest BCUT2D eigenvalue weighted by Gasteiger charge is -2.34. The molecule has 1 saturated carbocycles. The van der Waals surface area contributed by atoms with E-state index in [9.17, 15) is 9.90 Å². The molecule has 5 nitrogen and oxygen atoms in total. The van der Waals surface area contributed by atoms with Crippen molar-refractivity contribution < 1.29 is 24.1 Å². The van der Waals surface area contributed by atoms with Crippen LogP contribution in [0.1, 0.15) is 32.6 Å². The van der Waals surface area contributed by atoms with Crippen LogP contribution in [0.3, 0.4) is 0 Å². The van der Waals surface area contributed by atoms with E-state index >= 15 is 0 Å². The first-order chi connectivity index (χ1) is 8.61. The highest BCUT2D eigenvalue weighted by atomic mass is 16.5. The summed E-state index contributed by atoms with van der Waals surface area (Å²) < 4.78 is 15.2. The number of rotatable bonds is 7. The van der Waals surface area contributed by atoms with Gasteiger partial charge in [0, 0.05) is 7.11 Å². The first-order valence-corrected chi connectivity index (χ1v) is 6.57. The Kier molecular flexibility index (Phi) is 6.60. The highest BCUT2D eigenvalue weighted by molar-refractivity contribution is 5.72. The Hall–Kier alpha value is -0.650. The minimum absolute atomic E-state index is 0.0656. The van der Waals surface area contributed by atoms with Gasteiger partial charge in [-0.2, -0.15) is 0 Å². The maximum Gasteiger partial charge on any atom is 0.308 e. The van der Waals surface area contributed by atoms with Gasteiger partial charge in [0.05, 0.1) is 37.9 Å². The summed E-state index contributed by atoms with van der Waals surface area (Å²) in [7, 11) is 1.61. The Morgan fingerprint density at radius 2 is 2.00 bits per heavy atom. The summed E-state index contributed by atoms with van der Waals surface area (Å²) in [5, 5.41) is 10.3. The molecule has 0 aliphatic heterocycles. The Labute approximate surface area is 108 Å². The van der Waals surface area contributed by atoms with Gasteiger partial charge in [0.2, 0.25) is 0 Å². The second-order valence-electron chi connectivity index (χ2n) is 4.80. The Balaban J connectivity index is 2.26. The molecule has 0 atom stereocenters. The first kappa shape index (κ1) is 15.4. The smallest absolute Gasteiger partial charge is 0.308 e. The molecule has 0 spiro atoms. The third kappa shape index (κ3) is 4.92. The van der Waals surface area contributed by atoms with Gasteiger partial charge >= 0.3 is 5.97 Å². The molecule has 1 fully saturated rings. The summed E-state index contributed by atoms with van der Waals surface area (Å²) in [6, 6.07) is 0. The minimum atomic E-state index is -0.795. The van der Waals surface area contributed by atoms with E-state index < -0.39 is 5.60 Å². The fraction of sp³-hybridized carbons (Fsp3) is 0.923. The summed E-state index contributed by atoms with van der Waals surface area (Å²) in [5.41, 5.74) is -0.795. The van der Waals surface area contributed by atoms with Crippen molar-refractivity contribution in [3.63, 3.8) is 0 Å². The number of hydrogen-bond acceptors (Lipinski definition) is 5. The molecule has 0 amide bonds. The molecule has 0 heterocycles. The van der Waals surface area contributed by atoms with Gasteiger partial charge in [-0.15, -0.1) is 0 Å². The minimum Gasteiger partial charge on any atom is -0.466 e. The van der Waals surface area contributed by atoms with E-state index in [4.69, 9.17) is 14.2 Å². The van der Waals surface area contributed by atoms with E-state index in [0.717, 1.165) is 0 Å². The van der Waals surface area contributed by atoms with E-state index in [1.165, 1.54) is 0 Å². The van der Waals surface area contributed by atoms with E-state index in [0.29, 0.717) is 52.1 Å². The summed E-state index contributed by atoms with van der Waals surface area (Å²) in [5.74, 6) is -0.205. The van der Waals surface area contributed by atoms with Crippen molar-refractivity contribution in [2.45, 2.75) is 38.2 Å². The predicted molar refractivity (Wildman–Crippen MR) is 66.2 cm³/mol. The van der Waals surface area contributed by atoms with Crippen LogP contribution >= 0.6 is 0 Å². The van der Waals surface area contributed by atoms with Crippen LogP contribution in [0.15, 0.2) is 0 Å². The third-order valence-corrected chi connectivity index (χ3v) is 3.34. The Morgan fingerprint density at radius 1 is 1.33 bits per heavy atom. The van der Waals surface area contributed by atoms with E-state index in [1.54, 1.807) is 14.0 Å². The van der Waals surface area contributed by atoms with Crippen LogP contribution < -0.4 is 0 Å². The molecule has 0 bridgehead atoms. The zero-order chi connectivity index (χ0) is 13.4. The highest BCUT2D eigenvalue weighted by Gasteiger charge is 2.36. The molecule has 1 aliphatic rings. The summed E-state index contributed by atoms with van der Waals surface area (Å²) >= 11 is 0. The molecule has 0 saturated heterocycles. The molecule has 5 heteroatoms. The summed E-state index contributed by atoms with van der Waals surface area (Å²) in [6.07, 6.45) is 2.51. The number of ether oxygens (including phenoxy) is 3. The zero-order valence-corrected chi connectivity index (χ0v) is 11.3. The normalized spacial score (nSPS) is 28.1. The molecular formula is C13H24O5. The molecule has 0 unspecified atom stereocenters. The fourth-order valence-electron chi connectivity index (χ4n) is 2.20. The average molecular weight is 260 g/mol. The number of carbonyl (C=O) groups excluding carboxylic acids is 1. The molecule has 1 aliphatic carbocycles. The topological polar surface area (TPSA) is 65.0 Å². The maximum absolute atomic E-state index is 11.6. The number of carbonyl (C=O) groups is 1. The van der Waals surface area contributed by atoms with Gasteiger partial charge in [0.25, 0.3) is 0 Å². The zero-order valence-electron chi connectivity index (χ0n) is 11.3. The van der Waals surface area contributed by atoms with Crippen LogP contribution in [0.4, 0.5) is 0 Å². The van der Waals surface area contributed by atoms with Crippen molar-refractivity contribution in [1.82, 2.24) is 0 Å². The largest absolute Gasteiger partial charge is 0.466 e.